The van der Waals surface area contributed by atoms with Crippen LogP contribution in [0.15, 0.2) is 66.7 Å². The van der Waals surface area contributed by atoms with Gasteiger partial charge in [-0.25, -0.2) is 4.39 Å². The van der Waals surface area contributed by atoms with Gasteiger partial charge in [0.25, 0.3) is 0 Å². The molecule has 0 heterocycles. The van der Waals surface area contributed by atoms with Crippen molar-refractivity contribution in [1.29, 1.82) is 0 Å². The van der Waals surface area contributed by atoms with Crippen LogP contribution >= 0.6 is 0 Å². The predicted octanol–water partition coefficient (Wildman–Crippen LogP) is 6.53. The van der Waals surface area contributed by atoms with Crippen molar-refractivity contribution in [3.63, 3.8) is 0 Å². The Kier molecular flexibility index (Phi) is 8.06. The van der Waals surface area contributed by atoms with Crippen molar-refractivity contribution in [2.45, 2.75) is 46.0 Å². The Bertz CT molecular complexity index is 834. The van der Waals surface area contributed by atoms with E-state index in [2.05, 4.69) is 13.8 Å². The summed E-state index contributed by atoms with van der Waals surface area (Å²) in [7, 11) is 0. The minimum atomic E-state index is -0.171. The van der Waals surface area contributed by atoms with E-state index in [4.69, 9.17) is 0 Å². The Balaban J connectivity index is 0.000000292. The maximum absolute atomic E-state index is 12.1. The van der Waals surface area contributed by atoms with Crippen LogP contribution in [-0.4, -0.2) is 10.2 Å². The fraction of sp³-hybridized carbons (Fsp3) is 0.280. The van der Waals surface area contributed by atoms with E-state index in [0.29, 0.717) is 17.4 Å². The highest BCUT2D eigenvalue weighted by molar-refractivity contribution is 5.38. The molecule has 0 radical (unpaired) electrons. The van der Waals surface area contributed by atoms with Crippen LogP contribution in [0.3, 0.4) is 0 Å². The number of aryl methyl sites for hydroxylation is 2. The van der Waals surface area contributed by atoms with E-state index in [1.807, 2.05) is 31.2 Å². The number of aromatic hydroxyl groups is 2. The third-order valence-electron chi connectivity index (χ3n) is 4.67. The fourth-order valence-electron chi connectivity index (χ4n) is 3.19. The molecule has 0 aliphatic carbocycles. The number of phenolic OH excluding ortho intramolecular Hbond substituents is 2. The number of rotatable bonds is 5. The first-order chi connectivity index (χ1) is 13.4. The molecule has 0 spiro atoms. The van der Waals surface area contributed by atoms with Crippen molar-refractivity contribution >= 4 is 0 Å². The van der Waals surface area contributed by atoms with E-state index in [9.17, 15) is 14.6 Å². The number of halogens is 1. The minimum Gasteiger partial charge on any atom is -0.508 e. The zero-order chi connectivity index (χ0) is 20.5. The molecule has 0 aliphatic heterocycles. The lowest BCUT2D eigenvalue weighted by Crippen LogP contribution is -2.02. The average molecular weight is 381 g/mol. The normalized spacial score (nSPS) is 11.4. The van der Waals surface area contributed by atoms with Gasteiger partial charge < -0.3 is 10.2 Å². The minimum absolute atomic E-state index is 0.171. The summed E-state index contributed by atoms with van der Waals surface area (Å²) in [5.74, 6) is 0.865. The van der Waals surface area contributed by atoms with Crippen molar-refractivity contribution in [3.8, 4) is 11.5 Å². The van der Waals surface area contributed by atoms with Gasteiger partial charge in [-0.05, 0) is 78.8 Å². The van der Waals surface area contributed by atoms with E-state index < -0.39 is 0 Å². The molecule has 0 saturated carbocycles. The molecule has 0 fully saturated rings. The molecule has 1 unspecified atom stereocenters. The number of benzene rings is 3. The van der Waals surface area contributed by atoms with E-state index in [0.717, 1.165) is 24.8 Å². The molecule has 28 heavy (non-hydrogen) atoms. The van der Waals surface area contributed by atoms with Gasteiger partial charge in [-0.2, -0.15) is 0 Å². The molecule has 3 rings (SSSR count). The van der Waals surface area contributed by atoms with Gasteiger partial charge in [0.05, 0.1) is 0 Å². The monoisotopic (exact) mass is 380 g/mol. The zero-order valence-corrected chi connectivity index (χ0v) is 16.8. The topological polar surface area (TPSA) is 40.5 Å². The van der Waals surface area contributed by atoms with Crippen molar-refractivity contribution in [3.05, 3.63) is 94.8 Å². The van der Waals surface area contributed by atoms with Crippen LogP contribution in [0.1, 0.15) is 48.4 Å². The van der Waals surface area contributed by atoms with Crippen molar-refractivity contribution in [2.75, 3.05) is 0 Å². The van der Waals surface area contributed by atoms with E-state index in [1.165, 1.54) is 28.8 Å². The molecule has 2 nitrogen and oxygen atoms in total. The van der Waals surface area contributed by atoms with Crippen molar-refractivity contribution in [2.24, 2.45) is 0 Å². The van der Waals surface area contributed by atoms with Crippen LogP contribution in [0, 0.1) is 12.7 Å². The predicted molar refractivity (Wildman–Crippen MR) is 113 cm³/mol. The quantitative estimate of drug-likeness (QED) is 0.528. The van der Waals surface area contributed by atoms with Crippen LogP contribution in [0.2, 0.25) is 0 Å². The Hall–Kier alpha value is -2.81. The summed E-state index contributed by atoms with van der Waals surface area (Å²) in [5, 5.41) is 19.0. The van der Waals surface area contributed by atoms with Gasteiger partial charge in [0.2, 0.25) is 0 Å². The average Bonchev–Trinajstić information content (AvgIpc) is 2.67. The molecule has 0 saturated heterocycles. The molecule has 0 aromatic heterocycles. The summed E-state index contributed by atoms with van der Waals surface area (Å²) < 4.78 is 12.1. The largest absolute Gasteiger partial charge is 0.508 e. The second kappa shape index (κ2) is 10.5. The molecule has 0 aliphatic rings. The molecule has 2 N–H and O–H groups in total. The van der Waals surface area contributed by atoms with Crippen LogP contribution in [-0.2, 0) is 12.8 Å². The molecule has 0 bridgehead atoms. The Morgan fingerprint density at radius 1 is 0.857 bits per heavy atom. The summed E-state index contributed by atoms with van der Waals surface area (Å²) in [6.07, 6.45) is 2.99. The Morgan fingerprint density at radius 2 is 1.46 bits per heavy atom. The number of hydrogen-bond donors (Lipinski definition) is 2. The zero-order valence-electron chi connectivity index (χ0n) is 16.8. The molecule has 148 valence electrons. The Morgan fingerprint density at radius 3 is 2.04 bits per heavy atom. The molecular weight excluding hydrogens is 351 g/mol. The number of hydrogen-bond acceptors (Lipinski definition) is 2. The maximum atomic E-state index is 12.1. The number of phenols is 2. The smallest absolute Gasteiger partial charge is 0.123 e. The third kappa shape index (κ3) is 6.73. The molecule has 3 aromatic rings. The van der Waals surface area contributed by atoms with Gasteiger partial charge in [0, 0.05) is 0 Å². The molecular formula is C25H29FO2. The van der Waals surface area contributed by atoms with Gasteiger partial charge in [-0.15, -0.1) is 0 Å². The summed E-state index contributed by atoms with van der Waals surface area (Å²) in [6, 6.07) is 19.5. The van der Waals surface area contributed by atoms with Crippen LogP contribution in [0.25, 0.3) is 0 Å². The second-order valence-electron chi connectivity index (χ2n) is 7.20. The van der Waals surface area contributed by atoms with Gasteiger partial charge in [0.1, 0.15) is 17.3 Å². The molecule has 3 heteroatoms. The SMILES string of the molecule is CCCc1cc(O)ccc1C(C)Cc1ccc(O)cc1.Cc1ccc(F)cc1. The summed E-state index contributed by atoms with van der Waals surface area (Å²) >= 11 is 0. The maximum Gasteiger partial charge on any atom is 0.123 e. The van der Waals surface area contributed by atoms with Crippen LogP contribution < -0.4 is 0 Å². The highest BCUT2D eigenvalue weighted by Gasteiger charge is 2.12. The lowest BCUT2D eigenvalue weighted by Gasteiger charge is -2.17. The van der Waals surface area contributed by atoms with Gasteiger partial charge in [0.15, 0.2) is 0 Å². The van der Waals surface area contributed by atoms with E-state index >= 15 is 0 Å². The second-order valence-corrected chi connectivity index (χ2v) is 7.20. The lowest BCUT2D eigenvalue weighted by atomic mass is 9.88. The first kappa shape index (κ1) is 21.5. The summed E-state index contributed by atoms with van der Waals surface area (Å²) in [6.45, 7) is 6.29. The summed E-state index contributed by atoms with van der Waals surface area (Å²) in [4.78, 5) is 0. The van der Waals surface area contributed by atoms with Gasteiger partial charge in [-0.3, -0.25) is 0 Å². The molecule has 1 atom stereocenters. The third-order valence-corrected chi connectivity index (χ3v) is 4.67. The molecule has 0 amide bonds. The van der Waals surface area contributed by atoms with E-state index in [1.54, 1.807) is 30.3 Å². The van der Waals surface area contributed by atoms with Crippen molar-refractivity contribution < 1.29 is 14.6 Å². The first-order valence-electron chi connectivity index (χ1n) is 9.71. The lowest BCUT2D eigenvalue weighted by molar-refractivity contribution is 0.473. The highest BCUT2D eigenvalue weighted by Crippen LogP contribution is 2.28. The summed E-state index contributed by atoms with van der Waals surface area (Å²) in [5.41, 5.74) is 4.84. The van der Waals surface area contributed by atoms with Gasteiger partial charge >= 0.3 is 0 Å². The Labute approximate surface area is 167 Å². The fourth-order valence-corrected chi connectivity index (χ4v) is 3.19. The van der Waals surface area contributed by atoms with Crippen molar-refractivity contribution in [1.82, 2.24) is 0 Å². The van der Waals surface area contributed by atoms with Crippen LogP contribution in [0.5, 0.6) is 11.5 Å². The van der Waals surface area contributed by atoms with Crippen LogP contribution in [0.4, 0.5) is 4.39 Å². The standard InChI is InChI=1S/C18H22O2.C7H7F/c1-3-4-15-12-17(20)9-10-18(15)13(2)11-14-5-7-16(19)8-6-14;1-6-2-4-7(8)5-3-6/h5-10,12-13,19-20H,3-4,11H2,1-2H3;2-5H,1H3. The van der Waals surface area contributed by atoms with Gasteiger partial charge in [-0.1, -0.05) is 56.2 Å². The first-order valence-corrected chi connectivity index (χ1v) is 9.71. The van der Waals surface area contributed by atoms with E-state index in [-0.39, 0.29) is 5.82 Å². The molecule has 3 aromatic carbocycles. The highest BCUT2D eigenvalue weighted by atomic mass is 19.1.